The average molecular weight is 320 g/mol. The second-order valence-corrected chi connectivity index (χ2v) is 6.58. The molecule has 0 amide bonds. The first-order valence-electron chi connectivity index (χ1n) is 7.80. The van der Waals surface area contributed by atoms with Crippen LogP contribution >= 0.6 is 12.6 Å². The van der Waals surface area contributed by atoms with Gasteiger partial charge in [0.05, 0.1) is 17.6 Å². The highest BCUT2D eigenvalue weighted by Gasteiger charge is 2.22. The molecule has 6 heteroatoms. The maximum atomic E-state index is 5.79. The van der Waals surface area contributed by atoms with Crippen LogP contribution in [0, 0.1) is 5.92 Å². The Labute approximate surface area is 137 Å². The van der Waals surface area contributed by atoms with Gasteiger partial charge in [0.2, 0.25) is 5.95 Å². The Morgan fingerprint density at radius 3 is 3.09 bits per heavy atom. The van der Waals surface area contributed by atoms with E-state index < -0.39 is 0 Å². The molecule has 0 bridgehead atoms. The van der Waals surface area contributed by atoms with Crippen LogP contribution in [0.3, 0.4) is 0 Å². The lowest BCUT2D eigenvalue weighted by Crippen LogP contribution is -2.34. The SMILES string of the molecule is CN(C)CC1CNc2nc3ccc(OCCCS)cc3n2C1. The third-order valence-corrected chi connectivity index (χ3v) is 4.22. The van der Waals surface area contributed by atoms with E-state index in [0.717, 1.165) is 54.5 Å². The van der Waals surface area contributed by atoms with Crippen molar-refractivity contribution in [3.8, 4) is 5.75 Å². The minimum atomic E-state index is 0.591. The van der Waals surface area contributed by atoms with Crippen molar-refractivity contribution in [3.63, 3.8) is 0 Å². The third-order valence-electron chi connectivity index (χ3n) is 3.90. The first-order valence-corrected chi connectivity index (χ1v) is 8.43. The van der Waals surface area contributed by atoms with Gasteiger partial charge in [-0.3, -0.25) is 0 Å². The first kappa shape index (κ1) is 15.5. The Balaban J connectivity index is 1.83. The number of imidazole rings is 1. The van der Waals surface area contributed by atoms with Crippen molar-refractivity contribution in [1.82, 2.24) is 14.5 Å². The van der Waals surface area contributed by atoms with Gasteiger partial charge < -0.3 is 19.5 Å². The average Bonchev–Trinajstić information content (AvgIpc) is 2.84. The molecule has 0 fully saturated rings. The summed E-state index contributed by atoms with van der Waals surface area (Å²) >= 11 is 4.21. The van der Waals surface area contributed by atoms with Crippen LogP contribution in [0.1, 0.15) is 6.42 Å². The number of rotatable bonds is 6. The maximum Gasteiger partial charge on any atom is 0.203 e. The second kappa shape index (κ2) is 6.79. The van der Waals surface area contributed by atoms with E-state index in [1.54, 1.807) is 0 Å². The Morgan fingerprint density at radius 2 is 2.32 bits per heavy atom. The van der Waals surface area contributed by atoms with Crippen LogP contribution in [-0.2, 0) is 6.54 Å². The molecule has 0 radical (unpaired) electrons. The van der Waals surface area contributed by atoms with Gasteiger partial charge in [0.1, 0.15) is 5.75 Å². The summed E-state index contributed by atoms with van der Waals surface area (Å²) in [5.41, 5.74) is 2.17. The standard InChI is InChI=1S/C16H24N4OS/c1-19(2)10-12-9-17-16-18-14-5-4-13(21-6-3-7-22)8-15(14)20(16)11-12/h4-5,8,12,22H,3,6-7,9-11H2,1-2H3,(H,17,18). The molecule has 0 spiro atoms. The normalized spacial score (nSPS) is 17.5. The van der Waals surface area contributed by atoms with Crippen molar-refractivity contribution < 1.29 is 4.74 Å². The monoisotopic (exact) mass is 320 g/mol. The Morgan fingerprint density at radius 1 is 1.45 bits per heavy atom. The number of ether oxygens (including phenoxy) is 1. The van der Waals surface area contributed by atoms with Crippen LogP contribution in [0.5, 0.6) is 5.75 Å². The van der Waals surface area contributed by atoms with Gasteiger partial charge in [-0.15, -0.1) is 0 Å². The zero-order valence-electron chi connectivity index (χ0n) is 13.2. The molecule has 1 N–H and O–H groups in total. The van der Waals surface area contributed by atoms with Gasteiger partial charge in [0, 0.05) is 31.6 Å². The number of nitrogens with one attached hydrogen (secondary N) is 1. The van der Waals surface area contributed by atoms with Crippen molar-refractivity contribution in [2.45, 2.75) is 13.0 Å². The topological polar surface area (TPSA) is 42.3 Å². The van der Waals surface area contributed by atoms with Gasteiger partial charge in [-0.25, -0.2) is 4.98 Å². The molecule has 5 nitrogen and oxygen atoms in total. The Hall–Kier alpha value is -1.40. The molecule has 0 aliphatic carbocycles. The summed E-state index contributed by atoms with van der Waals surface area (Å²) in [5.74, 6) is 3.32. The number of hydrogen-bond donors (Lipinski definition) is 2. The molecular weight excluding hydrogens is 296 g/mol. The molecule has 1 aromatic carbocycles. The van der Waals surface area contributed by atoms with Crippen molar-refractivity contribution >= 4 is 29.6 Å². The van der Waals surface area contributed by atoms with Gasteiger partial charge in [0.25, 0.3) is 0 Å². The molecule has 3 rings (SSSR count). The number of aromatic nitrogens is 2. The fraction of sp³-hybridized carbons (Fsp3) is 0.562. The number of hydrogen-bond acceptors (Lipinski definition) is 5. The van der Waals surface area contributed by atoms with Crippen molar-refractivity contribution in [2.75, 3.05) is 44.9 Å². The molecule has 2 aromatic rings. The highest BCUT2D eigenvalue weighted by molar-refractivity contribution is 7.80. The molecule has 1 aromatic heterocycles. The van der Waals surface area contributed by atoms with Crippen molar-refractivity contribution in [2.24, 2.45) is 5.92 Å². The summed E-state index contributed by atoms with van der Waals surface area (Å²) in [4.78, 5) is 6.91. The summed E-state index contributed by atoms with van der Waals surface area (Å²) < 4.78 is 8.06. The van der Waals surface area contributed by atoms with E-state index in [1.807, 2.05) is 12.1 Å². The quantitative estimate of drug-likeness (QED) is 0.633. The van der Waals surface area contributed by atoms with Crippen LogP contribution in [0.25, 0.3) is 11.0 Å². The zero-order chi connectivity index (χ0) is 15.5. The van der Waals surface area contributed by atoms with Gasteiger partial charge >= 0.3 is 0 Å². The summed E-state index contributed by atoms with van der Waals surface area (Å²) in [6, 6.07) is 6.14. The van der Waals surface area contributed by atoms with Crippen LogP contribution < -0.4 is 10.1 Å². The van der Waals surface area contributed by atoms with Crippen LogP contribution in [0.4, 0.5) is 5.95 Å². The zero-order valence-corrected chi connectivity index (χ0v) is 14.1. The molecule has 0 saturated carbocycles. The number of fused-ring (bicyclic) bond motifs is 3. The summed E-state index contributed by atoms with van der Waals surface area (Å²) in [6.45, 7) is 3.76. The van der Waals surface area contributed by atoms with Gasteiger partial charge in [-0.05, 0) is 38.4 Å². The second-order valence-electron chi connectivity index (χ2n) is 6.13. The summed E-state index contributed by atoms with van der Waals surface area (Å²) in [7, 11) is 4.24. The Bertz CT molecular complexity index is 640. The van der Waals surface area contributed by atoms with Crippen LogP contribution in [0.15, 0.2) is 18.2 Å². The highest BCUT2D eigenvalue weighted by Crippen LogP contribution is 2.28. The summed E-state index contributed by atoms with van der Waals surface area (Å²) in [5, 5.41) is 3.45. The minimum absolute atomic E-state index is 0.591. The number of nitrogens with zero attached hydrogens (tertiary/aromatic N) is 3. The largest absolute Gasteiger partial charge is 0.493 e. The minimum Gasteiger partial charge on any atom is -0.493 e. The lowest BCUT2D eigenvalue weighted by molar-refractivity contribution is 0.302. The molecule has 1 unspecified atom stereocenters. The van der Waals surface area contributed by atoms with Crippen LogP contribution in [-0.4, -0.2) is 54.0 Å². The van der Waals surface area contributed by atoms with E-state index in [0.29, 0.717) is 12.5 Å². The molecule has 22 heavy (non-hydrogen) atoms. The van der Waals surface area contributed by atoms with E-state index in [1.165, 1.54) is 0 Å². The number of benzene rings is 1. The van der Waals surface area contributed by atoms with E-state index in [9.17, 15) is 0 Å². The first-order chi connectivity index (χ1) is 10.7. The lowest BCUT2D eigenvalue weighted by atomic mass is 10.1. The molecule has 1 aliphatic heterocycles. The predicted molar refractivity (Wildman–Crippen MR) is 94.2 cm³/mol. The van der Waals surface area contributed by atoms with E-state index in [4.69, 9.17) is 4.74 Å². The molecule has 1 aliphatic rings. The van der Waals surface area contributed by atoms with E-state index >= 15 is 0 Å². The van der Waals surface area contributed by atoms with Gasteiger partial charge in [0.15, 0.2) is 0 Å². The lowest BCUT2D eigenvalue weighted by Gasteiger charge is -2.27. The predicted octanol–water partition coefficient (Wildman–Crippen LogP) is 2.34. The van der Waals surface area contributed by atoms with Gasteiger partial charge in [-0.1, -0.05) is 0 Å². The van der Waals surface area contributed by atoms with Crippen LogP contribution in [0.2, 0.25) is 0 Å². The molecule has 1 atom stereocenters. The van der Waals surface area contributed by atoms with Crippen molar-refractivity contribution in [1.29, 1.82) is 0 Å². The summed E-state index contributed by atoms with van der Waals surface area (Å²) in [6.07, 6.45) is 0.956. The third kappa shape index (κ3) is 3.33. The smallest absolute Gasteiger partial charge is 0.203 e. The molecule has 2 heterocycles. The molecular formula is C16H24N4OS. The molecule has 120 valence electrons. The molecule has 0 saturated heterocycles. The van der Waals surface area contributed by atoms with E-state index in [2.05, 4.69) is 52.6 Å². The highest BCUT2D eigenvalue weighted by atomic mass is 32.1. The van der Waals surface area contributed by atoms with E-state index in [-0.39, 0.29) is 0 Å². The number of thiol groups is 1. The fourth-order valence-corrected chi connectivity index (χ4v) is 3.09. The Kier molecular flexibility index (Phi) is 4.78. The maximum absolute atomic E-state index is 5.79. The fourth-order valence-electron chi connectivity index (χ4n) is 2.96. The number of anilines is 1. The van der Waals surface area contributed by atoms with Gasteiger partial charge in [-0.2, -0.15) is 12.6 Å². The van der Waals surface area contributed by atoms with Crippen molar-refractivity contribution in [3.05, 3.63) is 18.2 Å².